The summed E-state index contributed by atoms with van der Waals surface area (Å²) in [5, 5.41) is 3.36. The Bertz CT molecular complexity index is 475. The Kier molecular flexibility index (Phi) is 6.07. The molecule has 1 aliphatic heterocycles. The molecule has 0 aliphatic carbocycles. The van der Waals surface area contributed by atoms with Crippen molar-refractivity contribution >= 4 is 5.91 Å². The van der Waals surface area contributed by atoms with Gasteiger partial charge in [0.25, 0.3) is 5.91 Å². The zero-order valence-electron chi connectivity index (χ0n) is 13.7. The molecule has 2 unspecified atom stereocenters. The number of nitrogens with zero attached hydrogens (tertiary/aromatic N) is 1. The number of rotatable bonds is 6. The summed E-state index contributed by atoms with van der Waals surface area (Å²) in [5.41, 5.74) is 0. The molecule has 1 amide bonds. The molecule has 2 rings (SSSR count). The molecule has 122 valence electrons. The Morgan fingerprint density at radius 1 is 1.23 bits per heavy atom. The highest BCUT2D eigenvalue weighted by Crippen LogP contribution is 2.18. The minimum atomic E-state index is 0.0344. The molecule has 5 heteroatoms. The maximum atomic E-state index is 12.3. The van der Waals surface area contributed by atoms with E-state index in [1.807, 2.05) is 29.2 Å². The van der Waals surface area contributed by atoms with Gasteiger partial charge in [-0.1, -0.05) is 6.92 Å². The molecule has 2 atom stereocenters. The van der Waals surface area contributed by atoms with Crippen LogP contribution in [0, 0.1) is 0 Å². The fourth-order valence-electron chi connectivity index (χ4n) is 2.49. The highest BCUT2D eigenvalue weighted by Gasteiger charge is 2.28. The Balaban J connectivity index is 1.83. The molecule has 1 aromatic carbocycles. The van der Waals surface area contributed by atoms with Crippen LogP contribution in [-0.2, 0) is 4.79 Å². The summed E-state index contributed by atoms with van der Waals surface area (Å²) < 4.78 is 11.1. The molecule has 0 spiro atoms. The first-order valence-electron chi connectivity index (χ1n) is 8.00. The fraction of sp³-hybridized carbons (Fsp3) is 0.588. The van der Waals surface area contributed by atoms with E-state index in [0.29, 0.717) is 18.4 Å². The summed E-state index contributed by atoms with van der Waals surface area (Å²) in [6.45, 7) is 8.58. The van der Waals surface area contributed by atoms with Crippen LogP contribution in [0.1, 0.15) is 27.2 Å². The summed E-state index contributed by atoms with van der Waals surface area (Å²) in [4.78, 5) is 14.2. The largest absolute Gasteiger partial charge is 0.494 e. The number of benzene rings is 1. The average molecular weight is 306 g/mol. The molecule has 0 bridgehead atoms. The Hall–Kier alpha value is -1.75. The van der Waals surface area contributed by atoms with E-state index in [1.165, 1.54) is 0 Å². The monoisotopic (exact) mass is 306 g/mol. The lowest BCUT2D eigenvalue weighted by molar-refractivity contribution is -0.137. The first-order valence-corrected chi connectivity index (χ1v) is 8.00. The number of piperazine rings is 1. The van der Waals surface area contributed by atoms with Crippen LogP contribution in [0.5, 0.6) is 11.5 Å². The van der Waals surface area contributed by atoms with Crippen molar-refractivity contribution in [2.45, 2.75) is 39.3 Å². The highest BCUT2D eigenvalue weighted by atomic mass is 16.5. The lowest BCUT2D eigenvalue weighted by Crippen LogP contribution is -2.58. The van der Waals surface area contributed by atoms with Crippen molar-refractivity contribution in [2.24, 2.45) is 0 Å². The van der Waals surface area contributed by atoms with E-state index in [0.717, 1.165) is 25.3 Å². The Morgan fingerprint density at radius 2 is 1.86 bits per heavy atom. The third-order valence-corrected chi connectivity index (χ3v) is 4.01. The maximum absolute atomic E-state index is 12.3. The van der Waals surface area contributed by atoms with Crippen LogP contribution >= 0.6 is 0 Å². The van der Waals surface area contributed by atoms with E-state index in [9.17, 15) is 4.79 Å². The van der Waals surface area contributed by atoms with Gasteiger partial charge >= 0.3 is 0 Å². The van der Waals surface area contributed by atoms with Crippen molar-refractivity contribution in [1.82, 2.24) is 10.2 Å². The smallest absolute Gasteiger partial charge is 0.260 e. The van der Waals surface area contributed by atoms with Gasteiger partial charge in [0.15, 0.2) is 6.61 Å². The number of ether oxygens (including phenoxy) is 2. The van der Waals surface area contributed by atoms with Gasteiger partial charge in [-0.3, -0.25) is 4.79 Å². The minimum Gasteiger partial charge on any atom is -0.494 e. The number of carbonyl (C=O) groups excluding carboxylic acids is 1. The van der Waals surface area contributed by atoms with Crippen LogP contribution in [0.3, 0.4) is 0 Å². The Labute approximate surface area is 132 Å². The molecule has 0 aromatic heterocycles. The number of amides is 1. The van der Waals surface area contributed by atoms with Crippen molar-refractivity contribution in [3.63, 3.8) is 0 Å². The van der Waals surface area contributed by atoms with E-state index in [2.05, 4.69) is 26.1 Å². The first-order chi connectivity index (χ1) is 10.6. The quantitative estimate of drug-likeness (QED) is 0.874. The first kappa shape index (κ1) is 16.6. The predicted molar refractivity (Wildman–Crippen MR) is 86.4 cm³/mol. The van der Waals surface area contributed by atoms with Gasteiger partial charge in [0.05, 0.1) is 6.61 Å². The van der Waals surface area contributed by atoms with Gasteiger partial charge in [-0.05, 0) is 44.5 Å². The number of carbonyl (C=O) groups is 1. The van der Waals surface area contributed by atoms with Crippen LogP contribution in [0.2, 0.25) is 0 Å². The predicted octanol–water partition coefficient (Wildman–Crippen LogP) is 2.06. The van der Waals surface area contributed by atoms with Gasteiger partial charge in [-0.15, -0.1) is 0 Å². The third kappa shape index (κ3) is 4.37. The van der Waals surface area contributed by atoms with E-state index in [4.69, 9.17) is 9.47 Å². The third-order valence-electron chi connectivity index (χ3n) is 4.01. The molecule has 22 heavy (non-hydrogen) atoms. The lowest BCUT2D eigenvalue weighted by Gasteiger charge is -2.38. The van der Waals surface area contributed by atoms with Gasteiger partial charge in [0.1, 0.15) is 11.5 Å². The Morgan fingerprint density at radius 3 is 2.50 bits per heavy atom. The fourth-order valence-corrected chi connectivity index (χ4v) is 2.49. The second kappa shape index (κ2) is 8.03. The lowest BCUT2D eigenvalue weighted by atomic mass is 10.1. The second-order valence-corrected chi connectivity index (χ2v) is 5.68. The molecule has 1 fully saturated rings. The highest BCUT2D eigenvalue weighted by molar-refractivity contribution is 5.78. The van der Waals surface area contributed by atoms with Crippen molar-refractivity contribution < 1.29 is 14.3 Å². The molecule has 1 heterocycles. The van der Waals surface area contributed by atoms with Gasteiger partial charge in [-0.2, -0.15) is 0 Å². The average Bonchev–Trinajstić information content (AvgIpc) is 2.54. The standard InChI is InChI=1S/C17H26N2O3/c1-4-11-21-15-5-7-16(8-6-15)22-12-17(20)19-10-9-18-13(2)14(19)3/h5-8,13-14,18H,4,9-12H2,1-3H3. The van der Waals surface area contributed by atoms with Crippen molar-refractivity contribution in [1.29, 1.82) is 0 Å². The molecule has 1 N–H and O–H groups in total. The SMILES string of the molecule is CCCOc1ccc(OCC(=O)N2CCNC(C)C2C)cc1. The van der Waals surface area contributed by atoms with Crippen molar-refractivity contribution in [3.8, 4) is 11.5 Å². The molecular formula is C17H26N2O3. The van der Waals surface area contributed by atoms with E-state index >= 15 is 0 Å². The molecule has 1 aromatic rings. The molecule has 0 radical (unpaired) electrons. The number of hydrogen-bond acceptors (Lipinski definition) is 4. The zero-order valence-corrected chi connectivity index (χ0v) is 13.7. The second-order valence-electron chi connectivity index (χ2n) is 5.68. The van der Waals surface area contributed by atoms with Crippen LogP contribution in [0.15, 0.2) is 24.3 Å². The van der Waals surface area contributed by atoms with Crippen LogP contribution in [0.25, 0.3) is 0 Å². The van der Waals surface area contributed by atoms with Crippen LogP contribution < -0.4 is 14.8 Å². The van der Waals surface area contributed by atoms with E-state index in [1.54, 1.807) is 0 Å². The van der Waals surface area contributed by atoms with Gasteiger partial charge in [0, 0.05) is 25.2 Å². The molecular weight excluding hydrogens is 280 g/mol. The van der Waals surface area contributed by atoms with Crippen molar-refractivity contribution in [2.75, 3.05) is 26.3 Å². The maximum Gasteiger partial charge on any atom is 0.260 e. The molecule has 1 saturated heterocycles. The molecule has 0 saturated carbocycles. The topological polar surface area (TPSA) is 50.8 Å². The summed E-state index contributed by atoms with van der Waals surface area (Å²) >= 11 is 0. The van der Waals surface area contributed by atoms with Crippen molar-refractivity contribution in [3.05, 3.63) is 24.3 Å². The van der Waals surface area contributed by atoms with E-state index < -0.39 is 0 Å². The summed E-state index contributed by atoms with van der Waals surface area (Å²) in [5.74, 6) is 1.55. The normalized spacial score (nSPS) is 21.5. The van der Waals surface area contributed by atoms with Gasteiger partial charge in [0.2, 0.25) is 0 Å². The zero-order chi connectivity index (χ0) is 15.9. The van der Waals surface area contributed by atoms with Gasteiger partial charge in [-0.25, -0.2) is 0 Å². The summed E-state index contributed by atoms with van der Waals surface area (Å²) in [6.07, 6.45) is 0.980. The summed E-state index contributed by atoms with van der Waals surface area (Å²) in [7, 11) is 0. The number of nitrogens with one attached hydrogen (secondary N) is 1. The molecule has 1 aliphatic rings. The van der Waals surface area contributed by atoms with Gasteiger partial charge < -0.3 is 19.7 Å². The number of hydrogen-bond donors (Lipinski definition) is 1. The summed E-state index contributed by atoms with van der Waals surface area (Å²) in [6, 6.07) is 7.91. The molecule has 5 nitrogen and oxygen atoms in total. The van der Waals surface area contributed by atoms with Crippen LogP contribution in [0.4, 0.5) is 0 Å². The minimum absolute atomic E-state index is 0.0344. The van der Waals surface area contributed by atoms with Crippen LogP contribution in [-0.4, -0.2) is 49.2 Å². The van der Waals surface area contributed by atoms with E-state index in [-0.39, 0.29) is 18.6 Å².